The maximum absolute atomic E-state index is 15.6. The molecule has 3 saturated heterocycles. The highest BCUT2D eigenvalue weighted by molar-refractivity contribution is 6.07. The van der Waals surface area contributed by atoms with Gasteiger partial charge in [-0.05, 0) is 124 Å². The van der Waals surface area contributed by atoms with Gasteiger partial charge in [-0.15, -0.1) is 13.2 Å². The topological polar surface area (TPSA) is 187 Å². The van der Waals surface area contributed by atoms with Gasteiger partial charge in [0.2, 0.25) is 23.1 Å². The molecule has 6 heterocycles. The summed E-state index contributed by atoms with van der Waals surface area (Å²) in [7, 11) is 3.05. The van der Waals surface area contributed by atoms with Crippen LogP contribution in [0.4, 0.5) is 28.9 Å². The lowest BCUT2D eigenvalue weighted by molar-refractivity contribution is -0.274. The molecular formula is C53H52F4N8O9. The minimum Gasteiger partial charge on any atom is -0.493 e. The fourth-order valence-corrected chi connectivity index (χ4v) is 10.7. The number of likely N-dealkylation sites (tertiary alicyclic amines) is 1. The minimum absolute atomic E-state index is 0.0224. The number of hydrogen-bond acceptors (Lipinski definition) is 13. The minimum atomic E-state index is -4.99. The largest absolute Gasteiger partial charge is 0.573 e. The zero-order valence-electron chi connectivity index (χ0n) is 40.8. The van der Waals surface area contributed by atoms with E-state index in [4.69, 9.17) is 14.2 Å². The Labute approximate surface area is 421 Å². The SMILES string of the molecule is COc1cc2c(Oc3ccc(NC(=O)c4c(C)n(C)c5ccc(OC(F)(F)F)cc5c4=O)cc3F)ncnc2cc1OCCCN1CCC2(CC1)CCN(c1ccc3c(c1)CN(C1CCC(=O)NC1=O)C3=O)CC2. The average molecular weight is 1020 g/mol. The Balaban J connectivity index is 0.708. The molecule has 2 N–H and O–H groups in total. The Morgan fingerprint density at radius 2 is 1.66 bits per heavy atom. The third-order valence-corrected chi connectivity index (χ3v) is 14.9. The van der Waals surface area contributed by atoms with E-state index in [1.165, 1.54) is 43.1 Å². The van der Waals surface area contributed by atoms with Crippen LogP contribution in [0.25, 0.3) is 21.8 Å². The van der Waals surface area contributed by atoms with Crippen LogP contribution in [0.3, 0.4) is 0 Å². The second-order valence-electron chi connectivity index (χ2n) is 19.2. The third kappa shape index (κ3) is 9.99. The fraction of sp³-hybridized carbons (Fsp3) is 0.377. The molecule has 0 bridgehead atoms. The molecule has 10 rings (SSSR count). The molecule has 2 aromatic heterocycles. The number of halogens is 4. The van der Waals surface area contributed by atoms with Crippen LogP contribution < -0.4 is 39.9 Å². The number of pyridine rings is 1. The van der Waals surface area contributed by atoms with E-state index in [2.05, 4.69) is 41.2 Å². The summed E-state index contributed by atoms with van der Waals surface area (Å²) >= 11 is 0. The van der Waals surface area contributed by atoms with Gasteiger partial charge in [-0.3, -0.25) is 29.3 Å². The second-order valence-corrected chi connectivity index (χ2v) is 19.2. The maximum atomic E-state index is 15.6. The predicted molar refractivity (Wildman–Crippen MR) is 263 cm³/mol. The Morgan fingerprint density at radius 3 is 2.39 bits per heavy atom. The molecule has 74 heavy (non-hydrogen) atoms. The summed E-state index contributed by atoms with van der Waals surface area (Å²) in [5, 5.41) is 5.10. The van der Waals surface area contributed by atoms with E-state index in [0.29, 0.717) is 47.5 Å². The van der Waals surface area contributed by atoms with Gasteiger partial charge in [-0.1, -0.05) is 0 Å². The quantitative estimate of drug-likeness (QED) is 0.0649. The molecule has 6 aromatic rings. The number of nitrogens with one attached hydrogen (secondary N) is 2. The third-order valence-electron chi connectivity index (χ3n) is 14.9. The van der Waals surface area contributed by atoms with Crippen molar-refractivity contribution >= 4 is 56.8 Å². The van der Waals surface area contributed by atoms with E-state index in [-0.39, 0.29) is 63.1 Å². The summed E-state index contributed by atoms with van der Waals surface area (Å²) in [6, 6.07) is 15.6. The van der Waals surface area contributed by atoms with Crippen LogP contribution in [0.15, 0.2) is 77.9 Å². The first-order valence-corrected chi connectivity index (χ1v) is 24.3. The zero-order chi connectivity index (χ0) is 52.1. The van der Waals surface area contributed by atoms with E-state index in [9.17, 15) is 37.1 Å². The lowest BCUT2D eigenvalue weighted by Crippen LogP contribution is -2.52. The highest BCUT2D eigenvalue weighted by atomic mass is 19.4. The van der Waals surface area contributed by atoms with Crippen LogP contribution >= 0.6 is 0 Å². The van der Waals surface area contributed by atoms with Crippen LogP contribution in [0.5, 0.6) is 28.9 Å². The van der Waals surface area contributed by atoms with E-state index in [1.54, 1.807) is 24.1 Å². The van der Waals surface area contributed by atoms with Crippen LogP contribution in [-0.2, 0) is 23.2 Å². The van der Waals surface area contributed by atoms with Crippen molar-refractivity contribution in [2.75, 3.05) is 56.7 Å². The van der Waals surface area contributed by atoms with Crippen molar-refractivity contribution in [1.82, 2.24) is 29.7 Å². The molecule has 4 aromatic carbocycles. The van der Waals surface area contributed by atoms with Crippen molar-refractivity contribution in [3.05, 3.63) is 111 Å². The van der Waals surface area contributed by atoms with E-state index >= 15 is 4.39 Å². The van der Waals surface area contributed by atoms with Crippen molar-refractivity contribution in [2.45, 2.75) is 70.8 Å². The number of ether oxygens (including phenoxy) is 4. The number of rotatable bonds is 13. The number of anilines is 2. The molecule has 386 valence electrons. The number of amides is 4. The first-order valence-electron chi connectivity index (χ1n) is 24.3. The Morgan fingerprint density at radius 1 is 0.892 bits per heavy atom. The highest BCUT2D eigenvalue weighted by Crippen LogP contribution is 2.43. The number of aryl methyl sites for hydroxylation is 1. The first kappa shape index (κ1) is 49.8. The number of alkyl halides is 3. The van der Waals surface area contributed by atoms with Gasteiger partial charge in [-0.25, -0.2) is 14.4 Å². The number of piperidine rings is 3. The lowest BCUT2D eigenvalue weighted by Gasteiger charge is -2.47. The predicted octanol–water partition coefficient (Wildman–Crippen LogP) is 7.79. The van der Waals surface area contributed by atoms with Gasteiger partial charge in [0.1, 0.15) is 23.7 Å². The normalized spacial score (nSPS) is 17.9. The summed E-state index contributed by atoms with van der Waals surface area (Å²) in [4.78, 5) is 79.4. The van der Waals surface area contributed by atoms with Gasteiger partial charge >= 0.3 is 6.36 Å². The van der Waals surface area contributed by atoms with Crippen LogP contribution in [-0.4, -0.2) is 107 Å². The Bertz CT molecular complexity index is 3290. The molecular weight excluding hydrogens is 969 g/mol. The zero-order valence-corrected chi connectivity index (χ0v) is 40.8. The van der Waals surface area contributed by atoms with Crippen LogP contribution in [0.1, 0.15) is 76.9 Å². The summed E-state index contributed by atoms with van der Waals surface area (Å²) in [5.74, 6) is -2.63. The number of imide groups is 1. The van der Waals surface area contributed by atoms with Gasteiger partial charge in [0.15, 0.2) is 23.1 Å². The highest BCUT2D eigenvalue weighted by Gasteiger charge is 2.41. The van der Waals surface area contributed by atoms with Crippen molar-refractivity contribution < 1.29 is 55.7 Å². The molecule has 4 amide bonds. The number of carbonyl (C=O) groups excluding carboxylic acids is 4. The number of benzene rings is 4. The van der Waals surface area contributed by atoms with Crippen molar-refractivity contribution in [2.24, 2.45) is 12.5 Å². The summed E-state index contributed by atoms with van der Waals surface area (Å²) < 4.78 is 77.6. The maximum Gasteiger partial charge on any atom is 0.573 e. The summed E-state index contributed by atoms with van der Waals surface area (Å²) in [6.45, 7) is 7.00. The number of hydrogen-bond donors (Lipinski definition) is 2. The Hall–Kier alpha value is -7.81. The van der Waals surface area contributed by atoms with Crippen molar-refractivity contribution in [1.29, 1.82) is 0 Å². The van der Waals surface area contributed by atoms with E-state index in [0.717, 1.165) is 94.3 Å². The standard InChI is InChI=1S/C53H52F4N8O9/c1-30-46(47(67)37-25-34(74-53(55,56)57)7-9-40(37)62(30)2)49(69)60-32-5-11-42(38(54)24-32)73-50-36-26-43(71-3)44(27-39(36)58-29-59-50)72-22-4-17-63-18-13-52(14-19-63)15-20-64(21-16-52)33-6-8-35-31(23-33)28-65(51(35)70)41-10-12-45(66)61-48(41)68/h5-9,11,23-27,29,41H,4,10,12-22,28H2,1-3H3,(H,60,69)(H,61,66,68). The molecule has 4 aliphatic rings. The molecule has 3 fully saturated rings. The number of methoxy groups -OCH3 is 1. The van der Waals surface area contributed by atoms with Crippen molar-refractivity contribution in [3.8, 4) is 28.9 Å². The molecule has 1 spiro atoms. The molecule has 4 aliphatic heterocycles. The fourth-order valence-electron chi connectivity index (χ4n) is 10.7. The number of aromatic nitrogens is 3. The molecule has 17 nitrogen and oxygen atoms in total. The van der Waals surface area contributed by atoms with Crippen LogP contribution in [0, 0.1) is 18.2 Å². The molecule has 1 atom stereocenters. The average Bonchev–Trinajstić information content (AvgIpc) is 3.70. The second kappa shape index (κ2) is 19.9. The summed E-state index contributed by atoms with van der Waals surface area (Å²) in [5.41, 5.74) is 2.66. The molecule has 1 unspecified atom stereocenters. The first-order chi connectivity index (χ1) is 35.5. The van der Waals surface area contributed by atoms with Gasteiger partial charge in [0.25, 0.3) is 11.8 Å². The van der Waals surface area contributed by atoms with E-state index < -0.39 is 41.2 Å². The summed E-state index contributed by atoms with van der Waals surface area (Å²) in [6.07, 6.45) is 2.01. The van der Waals surface area contributed by atoms with Gasteiger partial charge in [0, 0.05) is 74.4 Å². The monoisotopic (exact) mass is 1020 g/mol. The Kier molecular flexibility index (Phi) is 13.4. The molecule has 21 heteroatoms. The van der Waals surface area contributed by atoms with Crippen LogP contribution in [0.2, 0.25) is 0 Å². The number of fused-ring (bicyclic) bond motifs is 3. The lowest BCUT2D eigenvalue weighted by atomic mass is 9.71. The van der Waals surface area contributed by atoms with Gasteiger partial charge < -0.3 is 43.5 Å². The smallest absolute Gasteiger partial charge is 0.493 e. The molecule has 0 radical (unpaired) electrons. The molecule has 0 aliphatic carbocycles. The van der Waals surface area contributed by atoms with Gasteiger partial charge in [-0.2, -0.15) is 0 Å². The van der Waals surface area contributed by atoms with Crippen molar-refractivity contribution in [3.63, 3.8) is 0 Å². The number of carbonyl (C=O) groups is 4. The molecule has 0 saturated carbocycles. The van der Waals surface area contributed by atoms with E-state index in [1.807, 2.05) is 12.1 Å². The number of nitrogens with zero attached hydrogens (tertiary/aromatic N) is 6. The van der Waals surface area contributed by atoms with Gasteiger partial charge in [0.05, 0.1) is 35.5 Å².